The number of nitrogens with zero attached hydrogens (tertiary/aromatic N) is 2. The van der Waals surface area contributed by atoms with Crippen LogP contribution in [0.5, 0.6) is 11.5 Å². The molecule has 0 N–H and O–H groups in total. The fourth-order valence-corrected chi connectivity index (χ4v) is 3.94. The predicted molar refractivity (Wildman–Crippen MR) is 102 cm³/mol. The van der Waals surface area contributed by atoms with Crippen molar-refractivity contribution in [3.05, 3.63) is 65.4 Å². The lowest BCUT2D eigenvalue weighted by Crippen LogP contribution is -2.30. The highest BCUT2D eigenvalue weighted by molar-refractivity contribution is 5.93. The first-order chi connectivity index (χ1) is 13.7. The molecule has 1 atom stereocenters. The molecule has 6 nitrogen and oxygen atoms in total. The average Bonchev–Trinajstić information content (AvgIpc) is 3.47. The monoisotopic (exact) mass is 376 g/mol. The van der Waals surface area contributed by atoms with Crippen molar-refractivity contribution in [1.82, 2.24) is 10.1 Å². The van der Waals surface area contributed by atoms with Gasteiger partial charge in [-0.25, -0.2) is 0 Å². The van der Waals surface area contributed by atoms with Crippen LogP contribution in [-0.4, -0.2) is 29.3 Å². The number of benzene rings is 2. The maximum atomic E-state index is 13.1. The molecular formula is C22H20N2O4. The second-order valence-corrected chi connectivity index (χ2v) is 7.22. The summed E-state index contributed by atoms with van der Waals surface area (Å²) in [6.45, 7) is 3.01. The van der Waals surface area contributed by atoms with Gasteiger partial charge in [0.15, 0.2) is 23.0 Å². The van der Waals surface area contributed by atoms with Gasteiger partial charge in [0.05, 0.1) is 6.04 Å². The second-order valence-electron chi connectivity index (χ2n) is 7.22. The Morgan fingerprint density at radius 2 is 2.00 bits per heavy atom. The number of fused-ring (bicyclic) bond motifs is 1. The Labute approximate surface area is 162 Å². The number of rotatable bonds is 3. The van der Waals surface area contributed by atoms with Crippen molar-refractivity contribution >= 4 is 5.91 Å². The summed E-state index contributed by atoms with van der Waals surface area (Å²) < 4.78 is 16.2. The molecule has 2 aromatic carbocycles. The van der Waals surface area contributed by atoms with Gasteiger partial charge in [0.1, 0.15) is 0 Å². The smallest absolute Gasteiger partial charge is 0.276 e. The zero-order valence-electron chi connectivity index (χ0n) is 15.6. The Hall–Kier alpha value is -3.28. The Balaban J connectivity index is 1.40. The highest BCUT2D eigenvalue weighted by Gasteiger charge is 2.32. The first-order valence-electron chi connectivity index (χ1n) is 9.43. The molecule has 142 valence electrons. The van der Waals surface area contributed by atoms with Crippen molar-refractivity contribution in [3.8, 4) is 22.8 Å². The molecule has 0 bridgehead atoms. The van der Waals surface area contributed by atoms with Gasteiger partial charge in [-0.2, -0.15) is 0 Å². The molecule has 3 heterocycles. The molecule has 28 heavy (non-hydrogen) atoms. The zero-order valence-corrected chi connectivity index (χ0v) is 15.6. The Morgan fingerprint density at radius 3 is 2.89 bits per heavy atom. The molecule has 3 aromatic rings. The molecule has 1 aromatic heterocycles. The van der Waals surface area contributed by atoms with E-state index >= 15 is 0 Å². The van der Waals surface area contributed by atoms with Gasteiger partial charge in [0.2, 0.25) is 6.79 Å². The molecule has 1 fully saturated rings. The highest BCUT2D eigenvalue weighted by Crippen LogP contribution is 2.37. The molecule has 6 heteroatoms. The molecule has 1 amide bonds. The van der Waals surface area contributed by atoms with Gasteiger partial charge < -0.3 is 18.9 Å². The number of amides is 1. The minimum absolute atomic E-state index is 0.0816. The molecule has 1 saturated heterocycles. The summed E-state index contributed by atoms with van der Waals surface area (Å²) in [6.07, 6.45) is 1.94. The normalized spacial score (nSPS) is 17.9. The fourth-order valence-electron chi connectivity index (χ4n) is 3.94. The van der Waals surface area contributed by atoms with Crippen LogP contribution in [0.25, 0.3) is 11.3 Å². The number of hydrogen-bond acceptors (Lipinski definition) is 5. The van der Waals surface area contributed by atoms with Crippen LogP contribution in [-0.2, 0) is 0 Å². The van der Waals surface area contributed by atoms with Crippen LogP contribution >= 0.6 is 0 Å². The maximum absolute atomic E-state index is 13.1. The quantitative estimate of drug-likeness (QED) is 0.680. The van der Waals surface area contributed by atoms with Gasteiger partial charge in [-0.15, -0.1) is 0 Å². The third-order valence-electron chi connectivity index (χ3n) is 5.33. The van der Waals surface area contributed by atoms with E-state index in [1.54, 1.807) is 6.07 Å². The van der Waals surface area contributed by atoms with E-state index in [1.165, 1.54) is 11.1 Å². The summed E-state index contributed by atoms with van der Waals surface area (Å²) in [5.74, 6) is 1.81. The first-order valence-corrected chi connectivity index (χ1v) is 9.43. The largest absolute Gasteiger partial charge is 0.454 e. The molecule has 0 spiro atoms. The summed E-state index contributed by atoms with van der Waals surface area (Å²) in [7, 11) is 0. The van der Waals surface area contributed by atoms with E-state index in [9.17, 15) is 4.79 Å². The van der Waals surface area contributed by atoms with Crippen molar-refractivity contribution in [3.63, 3.8) is 0 Å². The average molecular weight is 376 g/mol. The highest BCUT2D eigenvalue weighted by atomic mass is 16.7. The van der Waals surface area contributed by atoms with Crippen molar-refractivity contribution in [2.45, 2.75) is 25.8 Å². The van der Waals surface area contributed by atoms with Crippen LogP contribution in [0, 0.1) is 6.92 Å². The van der Waals surface area contributed by atoms with Gasteiger partial charge in [0, 0.05) is 18.2 Å². The van der Waals surface area contributed by atoms with Crippen LogP contribution in [0.15, 0.2) is 53.1 Å². The number of carbonyl (C=O) groups excluding carboxylic acids is 1. The van der Waals surface area contributed by atoms with Crippen molar-refractivity contribution in [2.75, 3.05) is 13.3 Å². The third kappa shape index (κ3) is 2.91. The third-order valence-corrected chi connectivity index (χ3v) is 5.33. The van der Waals surface area contributed by atoms with E-state index in [1.807, 2.05) is 29.2 Å². The van der Waals surface area contributed by atoms with Gasteiger partial charge in [-0.1, -0.05) is 35.0 Å². The number of likely N-dealkylation sites (tertiary alicyclic amines) is 1. The van der Waals surface area contributed by atoms with E-state index < -0.39 is 0 Å². The zero-order chi connectivity index (χ0) is 19.1. The number of aromatic nitrogens is 1. The lowest BCUT2D eigenvalue weighted by atomic mass is 10.0. The predicted octanol–water partition coefficient (Wildman–Crippen LogP) is 4.36. The van der Waals surface area contributed by atoms with E-state index in [-0.39, 0.29) is 18.7 Å². The van der Waals surface area contributed by atoms with Gasteiger partial charge >= 0.3 is 0 Å². The summed E-state index contributed by atoms with van der Waals surface area (Å²) in [5, 5.41) is 4.04. The first kappa shape index (κ1) is 16.9. The van der Waals surface area contributed by atoms with E-state index in [0.717, 1.165) is 24.9 Å². The number of aryl methyl sites for hydroxylation is 1. The van der Waals surface area contributed by atoms with Gasteiger partial charge in [-0.05, 0) is 43.5 Å². The topological polar surface area (TPSA) is 64.8 Å². The molecule has 2 aliphatic heterocycles. The SMILES string of the molecule is Cc1cccc([C@@H]2CCCN2C(=O)c2cc(-c3ccc4c(c3)OCO4)on2)c1. The van der Waals surface area contributed by atoms with Gasteiger partial charge in [0.25, 0.3) is 5.91 Å². The molecule has 2 aliphatic rings. The molecule has 5 rings (SSSR count). The maximum Gasteiger partial charge on any atom is 0.276 e. The van der Waals surface area contributed by atoms with Crippen LogP contribution < -0.4 is 9.47 Å². The Bertz CT molecular complexity index is 1040. The minimum Gasteiger partial charge on any atom is -0.454 e. The number of hydrogen-bond donors (Lipinski definition) is 0. The minimum atomic E-state index is -0.0975. The van der Waals surface area contributed by atoms with Crippen LogP contribution in [0.3, 0.4) is 0 Å². The summed E-state index contributed by atoms with van der Waals surface area (Å²) in [4.78, 5) is 15.0. The molecular weight excluding hydrogens is 356 g/mol. The second kappa shape index (κ2) is 6.71. The fraction of sp³-hybridized carbons (Fsp3) is 0.273. The van der Waals surface area contributed by atoms with Crippen LogP contribution in [0.2, 0.25) is 0 Å². The van der Waals surface area contributed by atoms with E-state index in [2.05, 4.69) is 30.3 Å². The van der Waals surface area contributed by atoms with Crippen molar-refractivity contribution in [1.29, 1.82) is 0 Å². The number of carbonyl (C=O) groups is 1. The molecule has 0 unspecified atom stereocenters. The molecule has 0 radical (unpaired) electrons. The summed E-state index contributed by atoms with van der Waals surface area (Å²) >= 11 is 0. The molecule has 0 aliphatic carbocycles. The lowest BCUT2D eigenvalue weighted by molar-refractivity contribution is 0.0725. The van der Waals surface area contributed by atoms with Crippen molar-refractivity contribution in [2.24, 2.45) is 0 Å². The van der Waals surface area contributed by atoms with E-state index in [4.69, 9.17) is 14.0 Å². The van der Waals surface area contributed by atoms with Gasteiger partial charge in [-0.3, -0.25) is 4.79 Å². The summed E-state index contributed by atoms with van der Waals surface area (Å²) in [6, 6.07) is 15.7. The molecule has 0 saturated carbocycles. The Morgan fingerprint density at radius 1 is 1.11 bits per heavy atom. The van der Waals surface area contributed by atoms with E-state index in [0.29, 0.717) is 23.0 Å². The van der Waals surface area contributed by atoms with Crippen molar-refractivity contribution < 1.29 is 18.8 Å². The van der Waals surface area contributed by atoms with Crippen LogP contribution in [0.1, 0.15) is 40.5 Å². The lowest BCUT2D eigenvalue weighted by Gasteiger charge is -2.24. The summed E-state index contributed by atoms with van der Waals surface area (Å²) in [5.41, 5.74) is 3.49. The van der Waals surface area contributed by atoms with Crippen LogP contribution in [0.4, 0.5) is 0 Å². The number of ether oxygens (including phenoxy) is 2. The standard InChI is InChI=1S/C22H20N2O4/c1-14-4-2-5-15(10-14)18-6-3-9-24(18)22(25)17-12-20(28-23-17)16-7-8-19-21(11-16)27-13-26-19/h2,4-5,7-8,10-12,18H,3,6,9,13H2,1H3/t18-/m0/s1. The Kier molecular flexibility index (Phi) is 4.04.